The minimum absolute atomic E-state index is 0.121. The van der Waals surface area contributed by atoms with Gasteiger partial charge in [-0.15, -0.1) is 0 Å². The summed E-state index contributed by atoms with van der Waals surface area (Å²) in [5.41, 5.74) is 0. The van der Waals surface area contributed by atoms with Gasteiger partial charge in [-0.1, -0.05) is 81.3 Å². The Bertz CT molecular complexity index is 1580. The molecule has 0 N–H and O–H groups in total. The summed E-state index contributed by atoms with van der Waals surface area (Å²) in [5.74, 6) is 0.924. The van der Waals surface area contributed by atoms with Crippen LogP contribution in [-0.4, -0.2) is 102 Å². The van der Waals surface area contributed by atoms with Crippen LogP contribution in [0.4, 0.5) is 0 Å². The first-order chi connectivity index (χ1) is 30.3. The van der Waals surface area contributed by atoms with Crippen LogP contribution in [0.2, 0.25) is 0 Å². The van der Waals surface area contributed by atoms with E-state index >= 15 is 0 Å². The van der Waals surface area contributed by atoms with E-state index in [0.29, 0.717) is 61.9 Å². The Morgan fingerprint density at radius 3 is 1.26 bits per heavy atom. The number of rotatable bonds is 36. The molecule has 0 saturated heterocycles. The van der Waals surface area contributed by atoms with Crippen molar-refractivity contribution >= 4 is 23.9 Å². The molecule has 0 radical (unpaired) electrons. The van der Waals surface area contributed by atoms with E-state index in [1.807, 2.05) is 78.9 Å². The molecule has 0 saturated carbocycles. The highest BCUT2D eigenvalue weighted by molar-refractivity contribution is 5.81. The minimum Gasteiger partial charge on any atom is -0.491 e. The molecule has 0 aliphatic heterocycles. The normalized spacial score (nSPS) is 11.6. The predicted molar refractivity (Wildman–Crippen MR) is 231 cm³/mol. The van der Waals surface area contributed by atoms with Crippen LogP contribution in [0, 0.1) is 0 Å². The molecule has 0 aliphatic rings. The van der Waals surface area contributed by atoms with Crippen molar-refractivity contribution in [2.24, 2.45) is 0 Å². The van der Waals surface area contributed by atoms with Crippen molar-refractivity contribution in [3.05, 3.63) is 110 Å². The van der Waals surface area contributed by atoms with Crippen molar-refractivity contribution in [2.45, 2.75) is 76.4 Å². The summed E-state index contributed by atoms with van der Waals surface area (Å²) < 4.78 is 56.5. The number of para-hydroxylation sites is 2. The lowest BCUT2D eigenvalue weighted by atomic mass is 10.1. The summed E-state index contributed by atoms with van der Waals surface area (Å²) in [5, 5.41) is 0. The molecule has 3 aromatic rings. The molecule has 338 valence electrons. The van der Waals surface area contributed by atoms with E-state index in [1.54, 1.807) is 6.07 Å². The fourth-order valence-corrected chi connectivity index (χ4v) is 5.57. The Balaban J connectivity index is 1.34. The van der Waals surface area contributed by atoms with Gasteiger partial charge in [-0.2, -0.15) is 0 Å². The summed E-state index contributed by atoms with van der Waals surface area (Å²) in [7, 11) is 0. The summed E-state index contributed by atoms with van der Waals surface area (Å²) in [6, 6.07) is 25.7. The Hall–Kier alpha value is -5.86. The third kappa shape index (κ3) is 25.0. The Morgan fingerprint density at radius 1 is 0.435 bits per heavy atom. The number of carbonyl (C=O) groups is 4. The lowest BCUT2D eigenvalue weighted by Crippen LogP contribution is -2.30. The van der Waals surface area contributed by atoms with E-state index in [-0.39, 0.29) is 77.6 Å². The molecule has 2 atom stereocenters. The van der Waals surface area contributed by atoms with Gasteiger partial charge >= 0.3 is 23.9 Å². The van der Waals surface area contributed by atoms with Crippen molar-refractivity contribution in [1.29, 1.82) is 0 Å². The van der Waals surface area contributed by atoms with Crippen molar-refractivity contribution in [3.8, 4) is 23.0 Å². The van der Waals surface area contributed by atoms with Gasteiger partial charge in [0.15, 0.2) is 12.2 Å². The van der Waals surface area contributed by atoms with Crippen LogP contribution >= 0.6 is 0 Å². The highest BCUT2D eigenvalue weighted by Crippen LogP contribution is 2.20. The minimum atomic E-state index is -0.622. The largest absolute Gasteiger partial charge is 0.491 e. The van der Waals surface area contributed by atoms with E-state index in [4.69, 9.17) is 47.4 Å². The van der Waals surface area contributed by atoms with E-state index in [1.165, 1.54) is 0 Å². The van der Waals surface area contributed by atoms with E-state index < -0.39 is 24.1 Å². The van der Waals surface area contributed by atoms with Gasteiger partial charge in [0, 0.05) is 31.1 Å². The maximum atomic E-state index is 12.6. The van der Waals surface area contributed by atoms with Gasteiger partial charge in [-0.3, -0.25) is 9.59 Å². The SMILES string of the molecule is C=CC(=O)OCCCCCCC(=O)OC(COCCOc1cccc(OCCOCC(COc2ccccc2)OC(=O)CCCCCCOC(=O)C=C)c1)COc1ccccc1. The average molecular weight is 863 g/mol. The first-order valence-corrected chi connectivity index (χ1v) is 21.2. The Kier molecular flexibility index (Phi) is 26.8. The summed E-state index contributed by atoms with van der Waals surface area (Å²) >= 11 is 0. The molecule has 14 nitrogen and oxygen atoms in total. The number of hydrogen-bond acceptors (Lipinski definition) is 14. The quantitative estimate of drug-likeness (QED) is 0.0241. The standard InChI is InChI=1S/C48H62O14/c1-3-45(49)57-28-17-7-5-15-26-47(51)61-43(37-59-39-20-11-9-12-21-39)35-53-30-32-55-41-24-19-25-42(34-41)56-33-31-54-36-44(38-60-40-22-13-10-14-23-40)62-48(52)27-16-6-8-18-29-58-46(50)4-2/h3-4,9-14,19-25,34,43-44H,1-2,5-8,15-18,26-33,35-38H2. The molecule has 0 amide bonds. The molecular weight excluding hydrogens is 801 g/mol. The molecule has 14 heteroatoms. The van der Waals surface area contributed by atoms with Crippen LogP contribution in [0.1, 0.15) is 64.2 Å². The molecule has 0 bridgehead atoms. The number of unbranched alkanes of at least 4 members (excludes halogenated alkanes) is 6. The second-order valence-corrected chi connectivity index (χ2v) is 13.9. The Morgan fingerprint density at radius 2 is 0.839 bits per heavy atom. The summed E-state index contributed by atoms with van der Waals surface area (Å²) in [4.78, 5) is 47.5. The fraction of sp³-hybridized carbons (Fsp3) is 0.458. The van der Waals surface area contributed by atoms with Crippen LogP contribution in [0.15, 0.2) is 110 Å². The maximum Gasteiger partial charge on any atom is 0.330 e. The molecule has 0 fully saturated rings. The molecular formula is C48H62O14. The van der Waals surface area contributed by atoms with Crippen molar-refractivity contribution in [1.82, 2.24) is 0 Å². The van der Waals surface area contributed by atoms with Crippen LogP contribution < -0.4 is 18.9 Å². The lowest BCUT2D eigenvalue weighted by Gasteiger charge is -2.19. The van der Waals surface area contributed by atoms with E-state index in [2.05, 4.69) is 13.2 Å². The molecule has 3 aromatic carbocycles. The van der Waals surface area contributed by atoms with Gasteiger partial charge in [0.25, 0.3) is 0 Å². The lowest BCUT2D eigenvalue weighted by molar-refractivity contribution is -0.155. The highest BCUT2D eigenvalue weighted by Gasteiger charge is 2.18. The smallest absolute Gasteiger partial charge is 0.330 e. The monoisotopic (exact) mass is 862 g/mol. The second kappa shape index (κ2) is 32.9. The number of hydrogen-bond donors (Lipinski definition) is 0. The molecule has 0 aromatic heterocycles. The number of ether oxygens (including phenoxy) is 10. The third-order valence-corrected chi connectivity index (χ3v) is 8.73. The van der Waals surface area contributed by atoms with Crippen LogP contribution in [0.25, 0.3) is 0 Å². The van der Waals surface area contributed by atoms with E-state index in [9.17, 15) is 19.2 Å². The van der Waals surface area contributed by atoms with E-state index in [0.717, 1.165) is 37.8 Å². The number of esters is 4. The van der Waals surface area contributed by atoms with Crippen molar-refractivity contribution in [3.63, 3.8) is 0 Å². The molecule has 0 spiro atoms. The predicted octanol–water partition coefficient (Wildman–Crippen LogP) is 7.82. The Labute approximate surface area is 365 Å². The van der Waals surface area contributed by atoms with Crippen molar-refractivity contribution < 1.29 is 66.5 Å². The first kappa shape index (κ1) is 50.5. The van der Waals surface area contributed by atoms with Gasteiger partial charge in [0.2, 0.25) is 0 Å². The molecule has 2 unspecified atom stereocenters. The first-order valence-electron chi connectivity index (χ1n) is 21.2. The topological polar surface area (TPSA) is 161 Å². The summed E-state index contributed by atoms with van der Waals surface area (Å²) in [6.07, 6.45) is 7.49. The van der Waals surface area contributed by atoms with Gasteiger partial charge in [0.05, 0.1) is 39.6 Å². The fourth-order valence-electron chi connectivity index (χ4n) is 5.57. The molecule has 0 heterocycles. The van der Waals surface area contributed by atoms with Gasteiger partial charge in [-0.05, 0) is 62.1 Å². The number of benzene rings is 3. The second-order valence-electron chi connectivity index (χ2n) is 13.9. The average Bonchev–Trinajstić information content (AvgIpc) is 3.29. The van der Waals surface area contributed by atoms with Crippen molar-refractivity contribution in [2.75, 3.05) is 66.1 Å². The summed E-state index contributed by atoms with van der Waals surface area (Å²) in [6.45, 7) is 8.86. The van der Waals surface area contributed by atoms with Gasteiger partial charge in [-0.25, -0.2) is 9.59 Å². The third-order valence-electron chi connectivity index (χ3n) is 8.73. The van der Waals surface area contributed by atoms with Gasteiger partial charge in [0.1, 0.15) is 49.4 Å². The van der Waals surface area contributed by atoms with Gasteiger partial charge < -0.3 is 47.4 Å². The highest BCUT2D eigenvalue weighted by atomic mass is 16.6. The van der Waals surface area contributed by atoms with Crippen LogP contribution in [-0.2, 0) is 47.6 Å². The molecule has 3 rings (SSSR count). The molecule has 62 heavy (non-hydrogen) atoms. The molecule has 0 aliphatic carbocycles. The van der Waals surface area contributed by atoms with Crippen LogP contribution in [0.5, 0.6) is 23.0 Å². The van der Waals surface area contributed by atoms with Crippen LogP contribution in [0.3, 0.4) is 0 Å². The zero-order chi connectivity index (χ0) is 44.3. The zero-order valence-electron chi connectivity index (χ0n) is 35.7. The number of carbonyl (C=O) groups excluding carboxylic acids is 4. The zero-order valence-corrected chi connectivity index (χ0v) is 35.7. The maximum absolute atomic E-state index is 12.6.